The summed E-state index contributed by atoms with van der Waals surface area (Å²) in [4.78, 5) is 31.3. The molecule has 1 aliphatic carbocycles. The van der Waals surface area contributed by atoms with Crippen LogP contribution < -0.4 is 10.2 Å². The molecule has 2 aromatic carbocycles. The fourth-order valence-corrected chi connectivity index (χ4v) is 5.82. The molecule has 1 saturated heterocycles. The van der Waals surface area contributed by atoms with Gasteiger partial charge in [0.25, 0.3) is 11.6 Å². The van der Waals surface area contributed by atoms with Gasteiger partial charge in [0, 0.05) is 49.4 Å². The summed E-state index contributed by atoms with van der Waals surface area (Å²) in [5.41, 5.74) is -2.44. The van der Waals surface area contributed by atoms with Gasteiger partial charge in [-0.1, -0.05) is 0 Å². The van der Waals surface area contributed by atoms with Crippen LogP contribution in [0.4, 0.5) is 43.5 Å². The molecule has 1 unspecified atom stereocenters. The average Bonchev–Trinajstić information content (AvgIpc) is 3.00. The van der Waals surface area contributed by atoms with Crippen LogP contribution in [0.5, 0.6) is 0 Å². The number of anilines is 2. The Morgan fingerprint density at radius 3 is 2.27 bits per heavy atom. The predicted octanol–water partition coefficient (Wildman–Crippen LogP) is 6.66. The lowest BCUT2D eigenvalue weighted by atomic mass is 9.92. The van der Waals surface area contributed by atoms with Gasteiger partial charge in [-0.15, -0.1) is 0 Å². The molecule has 0 spiro atoms. The van der Waals surface area contributed by atoms with Crippen molar-refractivity contribution in [1.29, 1.82) is 0 Å². The van der Waals surface area contributed by atoms with E-state index in [-0.39, 0.29) is 23.7 Å². The topological polar surface area (TPSA) is 101 Å². The van der Waals surface area contributed by atoms with Gasteiger partial charge >= 0.3 is 12.4 Å². The standard InChI is InChI=1S/C30H31F6N5O4/c1-18(45-23-7-4-21(5-8-23)37-22-6-10-26(41(43)44)24(17-22)30(34,35)36)28(42)40-14-12-39(13-15-40)27-11-2-19-16-20(29(31,32)33)3-9-25(19)38-27/h2-3,6,9-11,16-18,21,23,37H,4-5,7-8,12-15H2,1H3/t18?,21-,23-. The highest BCUT2D eigenvalue weighted by Gasteiger charge is 2.39. The molecule has 0 radical (unpaired) electrons. The minimum Gasteiger partial charge on any atom is -0.382 e. The number of pyridine rings is 1. The second-order valence-electron chi connectivity index (χ2n) is 11.3. The number of amides is 1. The number of fused-ring (bicyclic) bond motifs is 1. The van der Waals surface area contributed by atoms with Crippen molar-refractivity contribution in [2.75, 3.05) is 36.4 Å². The third-order valence-corrected chi connectivity index (χ3v) is 8.21. The number of rotatable bonds is 7. The summed E-state index contributed by atoms with van der Waals surface area (Å²) < 4.78 is 85.1. The molecule has 1 aliphatic heterocycles. The molecular formula is C30H31F6N5O4. The van der Waals surface area contributed by atoms with Crippen LogP contribution in [0.1, 0.15) is 43.7 Å². The first-order chi connectivity index (χ1) is 21.2. The first-order valence-electron chi connectivity index (χ1n) is 14.5. The van der Waals surface area contributed by atoms with E-state index in [9.17, 15) is 41.3 Å². The molecule has 1 amide bonds. The van der Waals surface area contributed by atoms with Gasteiger partial charge in [0.1, 0.15) is 17.5 Å². The Labute approximate surface area is 254 Å². The maximum absolute atomic E-state index is 13.3. The van der Waals surface area contributed by atoms with Crippen molar-refractivity contribution in [3.63, 3.8) is 0 Å². The number of halogens is 6. The largest absolute Gasteiger partial charge is 0.423 e. The van der Waals surface area contributed by atoms with Crippen LogP contribution in [0.25, 0.3) is 10.9 Å². The van der Waals surface area contributed by atoms with E-state index < -0.39 is 40.2 Å². The van der Waals surface area contributed by atoms with Gasteiger partial charge < -0.3 is 19.9 Å². The summed E-state index contributed by atoms with van der Waals surface area (Å²) in [6.07, 6.45) is -7.86. The van der Waals surface area contributed by atoms with Crippen molar-refractivity contribution in [2.24, 2.45) is 0 Å². The third-order valence-electron chi connectivity index (χ3n) is 8.21. The summed E-state index contributed by atoms with van der Waals surface area (Å²) in [6.45, 7) is 3.52. The number of nitrogens with zero attached hydrogens (tertiary/aromatic N) is 4. The van der Waals surface area contributed by atoms with Gasteiger partial charge in [0.2, 0.25) is 0 Å². The molecule has 5 rings (SSSR count). The Bertz CT molecular complexity index is 1550. The third kappa shape index (κ3) is 7.57. The number of piperazine rings is 1. The van der Waals surface area contributed by atoms with Crippen LogP contribution in [0.2, 0.25) is 0 Å². The summed E-state index contributed by atoms with van der Waals surface area (Å²) in [5, 5.41) is 14.4. The van der Waals surface area contributed by atoms with Gasteiger partial charge in [0.05, 0.1) is 22.1 Å². The highest BCUT2D eigenvalue weighted by atomic mass is 19.4. The zero-order chi connectivity index (χ0) is 32.5. The number of benzene rings is 2. The number of nitro groups is 1. The van der Waals surface area contributed by atoms with Crippen LogP contribution in [-0.2, 0) is 21.9 Å². The van der Waals surface area contributed by atoms with Crippen molar-refractivity contribution in [3.05, 3.63) is 69.8 Å². The van der Waals surface area contributed by atoms with Gasteiger partial charge in [-0.05, 0) is 75.1 Å². The molecule has 1 aromatic heterocycles. The lowest BCUT2D eigenvalue weighted by Gasteiger charge is -2.37. The molecule has 9 nitrogen and oxygen atoms in total. The molecule has 1 atom stereocenters. The van der Waals surface area contributed by atoms with E-state index in [1.165, 1.54) is 12.1 Å². The fraction of sp³-hybridized carbons (Fsp3) is 0.467. The van der Waals surface area contributed by atoms with E-state index in [1.54, 1.807) is 24.0 Å². The van der Waals surface area contributed by atoms with E-state index in [2.05, 4.69) is 10.3 Å². The second-order valence-corrected chi connectivity index (χ2v) is 11.3. The Hall–Kier alpha value is -4.14. The number of nitro benzene ring substituents is 1. The zero-order valence-electron chi connectivity index (χ0n) is 24.2. The Balaban J connectivity index is 1.09. The molecule has 2 fully saturated rings. The van der Waals surface area contributed by atoms with Crippen molar-refractivity contribution < 1.29 is 40.8 Å². The van der Waals surface area contributed by atoms with Gasteiger partial charge in [-0.3, -0.25) is 14.9 Å². The number of hydrogen-bond donors (Lipinski definition) is 1. The van der Waals surface area contributed by atoms with Crippen LogP contribution in [0, 0.1) is 10.1 Å². The molecule has 1 N–H and O–H groups in total. The van der Waals surface area contributed by atoms with Gasteiger partial charge in [-0.25, -0.2) is 4.98 Å². The Morgan fingerprint density at radius 1 is 0.956 bits per heavy atom. The number of hydrogen-bond acceptors (Lipinski definition) is 7. The molecule has 2 aliphatic rings. The average molecular weight is 640 g/mol. The van der Waals surface area contributed by atoms with E-state index in [0.717, 1.165) is 24.3 Å². The van der Waals surface area contributed by atoms with Crippen LogP contribution >= 0.6 is 0 Å². The highest BCUT2D eigenvalue weighted by Crippen LogP contribution is 2.38. The number of carbonyl (C=O) groups excluding carboxylic acids is 1. The SMILES string of the molecule is CC(O[C@H]1CC[C@H](Nc2ccc([N+](=O)[O-])c(C(F)(F)F)c2)CC1)C(=O)N1CCN(c2ccc3cc(C(F)(F)F)ccc3n2)CC1. The minimum absolute atomic E-state index is 0.148. The smallest absolute Gasteiger partial charge is 0.382 e. The molecular weight excluding hydrogens is 608 g/mol. The molecule has 1 saturated carbocycles. The van der Waals surface area contributed by atoms with Crippen LogP contribution in [0.15, 0.2) is 48.5 Å². The van der Waals surface area contributed by atoms with Crippen LogP contribution in [-0.4, -0.2) is 65.1 Å². The number of ether oxygens (including phenoxy) is 1. The molecule has 0 bridgehead atoms. The van der Waals surface area contributed by atoms with Gasteiger partial charge in [-0.2, -0.15) is 26.3 Å². The zero-order valence-corrected chi connectivity index (χ0v) is 24.2. The van der Waals surface area contributed by atoms with E-state index in [4.69, 9.17) is 4.74 Å². The quantitative estimate of drug-likeness (QED) is 0.175. The number of nitrogens with one attached hydrogen (secondary N) is 1. The fourth-order valence-electron chi connectivity index (χ4n) is 5.82. The predicted molar refractivity (Wildman–Crippen MR) is 154 cm³/mol. The summed E-state index contributed by atoms with van der Waals surface area (Å²) in [5.74, 6) is 0.457. The van der Waals surface area contributed by atoms with Crippen molar-refractivity contribution >= 4 is 34.0 Å². The maximum atomic E-state index is 13.3. The monoisotopic (exact) mass is 639 g/mol. The second kappa shape index (κ2) is 12.7. The Kier molecular flexibility index (Phi) is 9.10. The summed E-state index contributed by atoms with van der Waals surface area (Å²) in [6, 6.07) is 9.42. The maximum Gasteiger partial charge on any atom is 0.423 e. The molecule has 45 heavy (non-hydrogen) atoms. The first-order valence-corrected chi connectivity index (χ1v) is 14.5. The van der Waals surface area contributed by atoms with Crippen molar-refractivity contribution in [3.8, 4) is 0 Å². The van der Waals surface area contributed by atoms with E-state index in [0.29, 0.717) is 68.6 Å². The van der Waals surface area contributed by atoms with Gasteiger partial charge in [0.15, 0.2) is 0 Å². The number of aromatic nitrogens is 1. The highest BCUT2D eigenvalue weighted by molar-refractivity contribution is 5.82. The van der Waals surface area contributed by atoms with Crippen molar-refractivity contribution in [1.82, 2.24) is 9.88 Å². The molecule has 15 heteroatoms. The summed E-state index contributed by atoms with van der Waals surface area (Å²) >= 11 is 0. The molecule has 242 valence electrons. The lowest BCUT2D eigenvalue weighted by Crippen LogP contribution is -2.52. The van der Waals surface area contributed by atoms with E-state index in [1.807, 2.05) is 4.90 Å². The van der Waals surface area contributed by atoms with Crippen LogP contribution in [0.3, 0.4) is 0 Å². The molecule has 2 heterocycles. The van der Waals surface area contributed by atoms with E-state index >= 15 is 0 Å². The minimum atomic E-state index is -4.86. The summed E-state index contributed by atoms with van der Waals surface area (Å²) in [7, 11) is 0. The number of alkyl halides is 6. The first kappa shape index (κ1) is 32.3. The lowest BCUT2D eigenvalue weighted by molar-refractivity contribution is -0.388. The normalized spacial score (nSPS) is 20.2. The Morgan fingerprint density at radius 2 is 1.64 bits per heavy atom. The van der Waals surface area contributed by atoms with Crippen molar-refractivity contribution in [2.45, 2.75) is 63.2 Å². The number of carbonyl (C=O) groups is 1. The molecule has 3 aromatic rings.